The molecular weight excluding hydrogens is 298 g/mol. The molecule has 0 aliphatic heterocycles. The van der Waals surface area contributed by atoms with Crippen molar-refractivity contribution in [1.29, 1.82) is 5.26 Å². The predicted molar refractivity (Wildman–Crippen MR) is 104 cm³/mol. The van der Waals surface area contributed by atoms with Crippen LogP contribution in [0.25, 0.3) is 0 Å². The Morgan fingerprint density at radius 2 is 1.48 bits per heavy atom. The van der Waals surface area contributed by atoms with Gasteiger partial charge in [-0.3, -0.25) is 0 Å². The van der Waals surface area contributed by atoms with E-state index in [0.717, 1.165) is 17.7 Å². The average molecular weight is 332 g/mol. The minimum absolute atomic E-state index is 0.0113. The number of hydrogen-bond acceptors (Lipinski definition) is 2. The van der Waals surface area contributed by atoms with Gasteiger partial charge in [-0.15, -0.1) is 0 Å². The molecule has 0 bridgehead atoms. The Bertz CT molecular complexity index is 423. The van der Waals surface area contributed by atoms with E-state index in [0.29, 0.717) is 5.92 Å². The number of nitriles is 1. The largest absolute Gasteiger partial charge is 0.198 e. The van der Waals surface area contributed by atoms with Crippen LogP contribution in [-0.2, 0) is 0 Å². The molecule has 1 aromatic carbocycles. The van der Waals surface area contributed by atoms with Crippen LogP contribution >= 0.6 is 12.6 Å². The van der Waals surface area contributed by atoms with Gasteiger partial charge in [0.2, 0.25) is 0 Å². The van der Waals surface area contributed by atoms with Crippen LogP contribution in [0.3, 0.4) is 0 Å². The highest BCUT2D eigenvalue weighted by Crippen LogP contribution is 2.29. The van der Waals surface area contributed by atoms with E-state index in [-0.39, 0.29) is 5.92 Å². The van der Waals surface area contributed by atoms with Gasteiger partial charge in [-0.05, 0) is 23.7 Å². The molecule has 2 heteroatoms. The maximum absolute atomic E-state index is 9.54. The highest BCUT2D eigenvalue weighted by Gasteiger charge is 2.21. The van der Waals surface area contributed by atoms with Crippen LogP contribution in [0.15, 0.2) is 30.3 Å². The van der Waals surface area contributed by atoms with Gasteiger partial charge in [0.15, 0.2) is 0 Å². The summed E-state index contributed by atoms with van der Waals surface area (Å²) in [5.74, 6) is 1.16. The van der Waals surface area contributed by atoms with Crippen molar-refractivity contribution in [3.05, 3.63) is 35.9 Å². The average Bonchev–Trinajstić information content (AvgIpc) is 2.60. The molecule has 0 N–H and O–H groups in total. The summed E-state index contributed by atoms with van der Waals surface area (Å²) in [5, 5.41) is 9.54. The molecule has 0 saturated heterocycles. The van der Waals surface area contributed by atoms with Gasteiger partial charge in [-0.2, -0.15) is 17.9 Å². The van der Waals surface area contributed by atoms with Gasteiger partial charge >= 0.3 is 0 Å². The van der Waals surface area contributed by atoms with Crippen LogP contribution in [-0.4, -0.2) is 5.75 Å². The van der Waals surface area contributed by atoms with E-state index in [2.05, 4.69) is 37.8 Å². The smallest absolute Gasteiger partial charge is 0.0748 e. The second-order valence-electron chi connectivity index (χ2n) is 6.58. The Kier molecular flexibility index (Phi) is 11.8. The summed E-state index contributed by atoms with van der Waals surface area (Å²) >= 11 is 4.50. The lowest BCUT2D eigenvalue weighted by molar-refractivity contribution is 0.458. The van der Waals surface area contributed by atoms with Crippen molar-refractivity contribution in [3.63, 3.8) is 0 Å². The predicted octanol–water partition coefficient (Wildman–Crippen LogP) is 6.76. The van der Waals surface area contributed by atoms with Gasteiger partial charge in [0, 0.05) is 0 Å². The molecule has 1 nitrogen and oxygen atoms in total. The minimum atomic E-state index is -0.0113. The summed E-state index contributed by atoms with van der Waals surface area (Å²) in [6.07, 6.45) is 13.3. The van der Waals surface area contributed by atoms with E-state index in [1.54, 1.807) is 0 Å². The lowest BCUT2D eigenvalue weighted by Crippen LogP contribution is -2.13. The molecule has 0 heterocycles. The SMILES string of the molecule is CCCCCCCCCCCC(CS)C(C#N)c1ccccc1. The fraction of sp³-hybridized carbons (Fsp3) is 0.667. The van der Waals surface area contributed by atoms with E-state index < -0.39 is 0 Å². The molecule has 0 aliphatic carbocycles. The maximum Gasteiger partial charge on any atom is 0.0748 e. The molecule has 0 aromatic heterocycles. The summed E-state index contributed by atoms with van der Waals surface area (Å²) < 4.78 is 0. The molecule has 1 aromatic rings. The van der Waals surface area contributed by atoms with Crippen LogP contribution < -0.4 is 0 Å². The van der Waals surface area contributed by atoms with E-state index in [4.69, 9.17) is 0 Å². The van der Waals surface area contributed by atoms with Crippen LogP contribution in [0.5, 0.6) is 0 Å². The Hall–Kier alpha value is -0.940. The summed E-state index contributed by atoms with van der Waals surface area (Å²) in [6, 6.07) is 12.7. The molecule has 0 radical (unpaired) electrons. The van der Waals surface area contributed by atoms with Gasteiger partial charge in [-0.25, -0.2) is 0 Å². The molecule has 1 rings (SSSR count). The molecule has 23 heavy (non-hydrogen) atoms. The lowest BCUT2D eigenvalue weighted by atomic mass is 9.85. The van der Waals surface area contributed by atoms with E-state index >= 15 is 0 Å². The number of nitrogens with zero attached hydrogens (tertiary/aromatic N) is 1. The van der Waals surface area contributed by atoms with Crippen LogP contribution in [0.2, 0.25) is 0 Å². The zero-order valence-corrected chi connectivity index (χ0v) is 15.6. The van der Waals surface area contributed by atoms with Crippen molar-refractivity contribution in [1.82, 2.24) is 0 Å². The first-order valence-corrected chi connectivity index (χ1v) is 10.0. The Labute approximate surface area is 148 Å². The quantitative estimate of drug-likeness (QED) is 0.313. The Balaban J connectivity index is 2.22. The van der Waals surface area contributed by atoms with Gasteiger partial charge < -0.3 is 0 Å². The molecule has 2 atom stereocenters. The Morgan fingerprint density at radius 3 is 2.00 bits per heavy atom. The van der Waals surface area contributed by atoms with Crippen LogP contribution in [0.1, 0.15) is 82.6 Å². The molecule has 0 fully saturated rings. The number of unbranched alkanes of at least 4 members (excludes halogenated alkanes) is 8. The van der Waals surface area contributed by atoms with E-state index in [1.165, 1.54) is 57.8 Å². The highest BCUT2D eigenvalue weighted by molar-refractivity contribution is 7.80. The first kappa shape index (κ1) is 20.1. The van der Waals surface area contributed by atoms with Crippen molar-refractivity contribution in [3.8, 4) is 6.07 Å². The number of rotatable bonds is 13. The van der Waals surface area contributed by atoms with Crippen molar-refractivity contribution < 1.29 is 0 Å². The molecule has 0 spiro atoms. The Morgan fingerprint density at radius 1 is 0.913 bits per heavy atom. The standard InChI is InChI=1S/C21H33NS/c1-2-3-4-5-6-7-8-9-11-16-20(18-23)21(17-22)19-14-12-10-13-15-19/h10,12-15,20-21,23H,2-9,11,16,18H2,1H3. The van der Waals surface area contributed by atoms with E-state index in [1.807, 2.05) is 18.2 Å². The molecule has 128 valence electrons. The third-order valence-electron chi connectivity index (χ3n) is 4.68. The maximum atomic E-state index is 9.54. The van der Waals surface area contributed by atoms with Gasteiger partial charge in [-0.1, -0.05) is 95.0 Å². The van der Waals surface area contributed by atoms with Crippen LogP contribution in [0, 0.1) is 17.2 Å². The zero-order valence-electron chi connectivity index (χ0n) is 14.7. The molecule has 0 amide bonds. The number of thiol groups is 1. The first-order chi connectivity index (χ1) is 11.3. The highest BCUT2D eigenvalue weighted by atomic mass is 32.1. The molecule has 2 unspecified atom stereocenters. The third-order valence-corrected chi connectivity index (χ3v) is 5.15. The van der Waals surface area contributed by atoms with Crippen LogP contribution in [0.4, 0.5) is 0 Å². The minimum Gasteiger partial charge on any atom is -0.198 e. The summed E-state index contributed by atoms with van der Waals surface area (Å²) in [7, 11) is 0. The van der Waals surface area contributed by atoms with Crippen molar-refractivity contribution in [2.75, 3.05) is 5.75 Å². The number of benzene rings is 1. The monoisotopic (exact) mass is 331 g/mol. The van der Waals surface area contributed by atoms with Crippen molar-refractivity contribution in [2.45, 2.75) is 77.0 Å². The molecule has 0 saturated carbocycles. The van der Waals surface area contributed by atoms with E-state index in [9.17, 15) is 5.26 Å². The summed E-state index contributed by atoms with van der Waals surface area (Å²) in [5.41, 5.74) is 1.14. The number of hydrogen-bond donors (Lipinski definition) is 1. The third kappa shape index (κ3) is 8.47. The van der Waals surface area contributed by atoms with Crippen molar-refractivity contribution in [2.24, 2.45) is 5.92 Å². The molecular formula is C21H33NS. The fourth-order valence-corrected chi connectivity index (χ4v) is 3.59. The summed E-state index contributed by atoms with van der Waals surface area (Å²) in [4.78, 5) is 0. The fourth-order valence-electron chi connectivity index (χ4n) is 3.19. The second kappa shape index (κ2) is 13.5. The normalized spacial score (nSPS) is 13.4. The van der Waals surface area contributed by atoms with Crippen molar-refractivity contribution >= 4 is 12.6 Å². The second-order valence-corrected chi connectivity index (χ2v) is 6.94. The van der Waals surface area contributed by atoms with Gasteiger partial charge in [0.05, 0.1) is 12.0 Å². The zero-order chi connectivity index (χ0) is 16.8. The first-order valence-electron chi connectivity index (χ1n) is 9.38. The summed E-state index contributed by atoms with van der Waals surface area (Å²) in [6.45, 7) is 2.27. The molecule has 0 aliphatic rings. The topological polar surface area (TPSA) is 23.8 Å². The lowest BCUT2D eigenvalue weighted by Gasteiger charge is -2.20. The van der Waals surface area contributed by atoms with Gasteiger partial charge in [0.25, 0.3) is 0 Å². The van der Waals surface area contributed by atoms with Gasteiger partial charge in [0.1, 0.15) is 0 Å².